The lowest BCUT2D eigenvalue weighted by molar-refractivity contribution is -0.149. The maximum atomic E-state index is 10.3. The topological polar surface area (TPSA) is 113 Å². The van der Waals surface area contributed by atoms with Crippen LogP contribution in [0.2, 0.25) is 0 Å². The zero-order valence-corrected chi connectivity index (χ0v) is 5.07. The second kappa shape index (κ2) is 3.80. The van der Waals surface area contributed by atoms with Gasteiger partial charge < -0.3 is 10.2 Å². The second-order valence-corrected chi connectivity index (χ2v) is 1.63. The van der Waals surface area contributed by atoms with Gasteiger partial charge in [0.05, 0.1) is 6.42 Å². The molecule has 6 heteroatoms. The molecule has 1 amide bonds. The lowest BCUT2D eigenvalue weighted by atomic mass is 10.2. The van der Waals surface area contributed by atoms with Gasteiger partial charge in [-0.25, -0.2) is 10.6 Å². The summed E-state index contributed by atoms with van der Waals surface area (Å²) in [5.74, 6) is 2.46. The van der Waals surface area contributed by atoms with Crippen LogP contribution in [0, 0.1) is 0 Å². The Balaban J connectivity index is 3.68. The molecular weight excluding hydrogens is 140 g/mol. The Morgan fingerprint density at radius 2 is 2.10 bits per heavy atom. The zero-order valence-electron chi connectivity index (χ0n) is 5.07. The minimum atomic E-state index is -1.68. The van der Waals surface area contributed by atoms with E-state index in [0.717, 1.165) is 0 Å². The number of hydrogen-bond donors (Lipinski definition) is 4. The number of rotatable bonds is 3. The van der Waals surface area contributed by atoms with E-state index in [4.69, 9.17) is 10.2 Å². The molecule has 10 heavy (non-hydrogen) atoms. The average Bonchev–Trinajstić information content (AvgIpc) is 1.87. The summed E-state index contributed by atoms with van der Waals surface area (Å²) in [4.78, 5) is 20.1. The van der Waals surface area contributed by atoms with E-state index in [9.17, 15) is 9.59 Å². The first-order chi connectivity index (χ1) is 4.57. The third-order valence-electron chi connectivity index (χ3n) is 0.825. The number of carbonyl (C=O) groups is 2. The normalized spacial score (nSPS) is 12.2. The quantitative estimate of drug-likeness (QED) is 0.206. The van der Waals surface area contributed by atoms with E-state index in [1.165, 1.54) is 0 Å². The van der Waals surface area contributed by atoms with Crippen LogP contribution in [0.15, 0.2) is 0 Å². The van der Waals surface area contributed by atoms with E-state index in [1.807, 2.05) is 0 Å². The van der Waals surface area contributed by atoms with Gasteiger partial charge in [-0.1, -0.05) is 0 Å². The third kappa shape index (κ3) is 3.00. The molecule has 0 aliphatic heterocycles. The van der Waals surface area contributed by atoms with E-state index in [1.54, 1.807) is 5.43 Å². The van der Waals surface area contributed by atoms with Gasteiger partial charge in [-0.3, -0.25) is 10.2 Å². The molecule has 0 aliphatic carbocycles. The molecule has 0 heterocycles. The number of aliphatic carboxylic acids is 1. The van der Waals surface area contributed by atoms with Crippen molar-refractivity contribution in [1.29, 1.82) is 0 Å². The Kier molecular flexibility index (Phi) is 3.37. The third-order valence-corrected chi connectivity index (χ3v) is 0.825. The van der Waals surface area contributed by atoms with Gasteiger partial charge >= 0.3 is 5.97 Å². The van der Waals surface area contributed by atoms with Crippen LogP contribution in [0.3, 0.4) is 0 Å². The van der Waals surface area contributed by atoms with Gasteiger partial charge in [0.15, 0.2) is 6.10 Å². The molecule has 6 nitrogen and oxygen atoms in total. The number of aliphatic hydroxyl groups excluding tert-OH is 1. The first kappa shape index (κ1) is 8.86. The van der Waals surface area contributed by atoms with Crippen molar-refractivity contribution in [3.63, 3.8) is 0 Å². The van der Waals surface area contributed by atoms with Gasteiger partial charge in [-0.05, 0) is 0 Å². The Morgan fingerprint density at radius 1 is 1.60 bits per heavy atom. The second-order valence-electron chi connectivity index (χ2n) is 1.63. The number of carboxylic acid groups (broad SMARTS) is 1. The predicted molar refractivity (Wildman–Crippen MR) is 30.6 cm³/mol. The summed E-state index contributed by atoms with van der Waals surface area (Å²) in [5.41, 5.74) is 1.69. The first-order valence-electron chi connectivity index (χ1n) is 2.48. The highest BCUT2D eigenvalue weighted by Crippen LogP contribution is 1.89. The standard InChI is InChI=1S/C4H8N2O4/c5-6-3(8)1-2(7)4(9)10/h2,7H,1,5H2,(H,6,8)(H,9,10). The number of carboxylic acids is 1. The van der Waals surface area contributed by atoms with E-state index in [-0.39, 0.29) is 0 Å². The number of aliphatic hydroxyl groups is 1. The summed E-state index contributed by atoms with van der Waals surface area (Å²) in [6.07, 6.45) is -2.20. The van der Waals surface area contributed by atoms with Crippen LogP contribution in [0.1, 0.15) is 6.42 Å². The summed E-state index contributed by atoms with van der Waals surface area (Å²) in [6, 6.07) is 0. The van der Waals surface area contributed by atoms with Gasteiger partial charge in [0, 0.05) is 0 Å². The monoisotopic (exact) mass is 148 g/mol. The van der Waals surface area contributed by atoms with Crippen LogP contribution < -0.4 is 11.3 Å². The van der Waals surface area contributed by atoms with Gasteiger partial charge in [0.1, 0.15) is 0 Å². The number of hydrazine groups is 1. The van der Waals surface area contributed by atoms with Crippen LogP contribution in [0.25, 0.3) is 0 Å². The fraction of sp³-hybridized carbons (Fsp3) is 0.500. The average molecular weight is 148 g/mol. The highest BCUT2D eigenvalue weighted by molar-refractivity contribution is 5.82. The molecule has 0 spiro atoms. The summed E-state index contributed by atoms with van der Waals surface area (Å²) in [6.45, 7) is 0. The lowest BCUT2D eigenvalue weighted by Crippen LogP contribution is -2.35. The maximum Gasteiger partial charge on any atom is 0.333 e. The molecule has 0 rings (SSSR count). The van der Waals surface area contributed by atoms with Crippen molar-refractivity contribution in [3.8, 4) is 0 Å². The van der Waals surface area contributed by atoms with E-state index < -0.39 is 24.4 Å². The van der Waals surface area contributed by atoms with Crippen molar-refractivity contribution in [2.24, 2.45) is 5.84 Å². The molecule has 5 N–H and O–H groups in total. The summed E-state index contributed by atoms with van der Waals surface area (Å²) in [5, 5.41) is 16.6. The van der Waals surface area contributed by atoms with Crippen molar-refractivity contribution < 1.29 is 19.8 Å². The van der Waals surface area contributed by atoms with Crippen LogP contribution >= 0.6 is 0 Å². The molecule has 0 aromatic carbocycles. The van der Waals surface area contributed by atoms with Crippen molar-refractivity contribution >= 4 is 11.9 Å². The molecular formula is C4H8N2O4. The van der Waals surface area contributed by atoms with Crippen LogP contribution in [-0.2, 0) is 9.59 Å². The Morgan fingerprint density at radius 3 is 2.40 bits per heavy atom. The number of carbonyl (C=O) groups excluding carboxylic acids is 1. The van der Waals surface area contributed by atoms with Crippen LogP contribution in [0.5, 0.6) is 0 Å². The fourth-order valence-corrected chi connectivity index (χ4v) is 0.322. The highest BCUT2D eigenvalue weighted by Gasteiger charge is 2.16. The molecule has 0 aliphatic rings. The molecule has 0 radical (unpaired) electrons. The summed E-state index contributed by atoms with van der Waals surface area (Å²) in [7, 11) is 0. The van der Waals surface area contributed by atoms with Gasteiger partial charge in [0.25, 0.3) is 0 Å². The van der Waals surface area contributed by atoms with E-state index >= 15 is 0 Å². The van der Waals surface area contributed by atoms with Crippen molar-refractivity contribution in [2.75, 3.05) is 0 Å². The van der Waals surface area contributed by atoms with Gasteiger partial charge in [0.2, 0.25) is 5.91 Å². The molecule has 1 atom stereocenters. The smallest absolute Gasteiger partial charge is 0.333 e. The molecule has 0 aromatic heterocycles. The molecule has 0 aromatic rings. The van der Waals surface area contributed by atoms with Crippen molar-refractivity contribution in [3.05, 3.63) is 0 Å². The Bertz CT molecular complexity index is 146. The number of nitrogens with one attached hydrogen (secondary N) is 1. The van der Waals surface area contributed by atoms with Crippen molar-refractivity contribution in [2.45, 2.75) is 12.5 Å². The van der Waals surface area contributed by atoms with E-state index in [0.29, 0.717) is 0 Å². The van der Waals surface area contributed by atoms with Gasteiger partial charge in [-0.15, -0.1) is 0 Å². The Hall–Kier alpha value is -1.14. The minimum Gasteiger partial charge on any atom is -0.479 e. The number of nitrogens with two attached hydrogens (primary N) is 1. The number of amides is 1. The minimum absolute atomic E-state index is 0.522. The van der Waals surface area contributed by atoms with E-state index in [2.05, 4.69) is 5.84 Å². The molecule has 0 saturated heterocycles. The zero-order chi connectivity index (χ0) is 8.15. The first-order valence-corrected chi connectivity index (χ1v) is 2.48. The predicted octanol–water partition coefficient (Wildman–Crippen LogP) is -2.19. The van der Waals surface area contributed by atoms with Crippen LogP contribution in [0.4, 0.5) is 0 Å². The van der Waals surface area contributed by atoms with Crippen LogP contribution in [-0.4, -0.2) is 28.2 Å². The maximum absolute atomic E-state index is 10.3. The Labute approximate surface area is 56.6 Å². The lowest BCUT2D eigenvalue weighted by Gasteiger charge is -2.01. The molecule has 58 valence electrons. The van der Waals surface area contributed by atoms with Crippen molar-refractivity contribution in [1.82, 2.24) is 5.43 Å². The SMILES string of the molecule is NNC(=O)CC(O)C(=O)O. The summed E-state index contributed by atoms with van der Waals surface area (Å²) >= 11 is 0. The fourth-order valence-electron chi connectivity index (χ4n) is 0.322. The summed E-state index contributed by atoms with van der Waals surface area (Å²) < 4.78 is 0. The molecule has 1 unspecified atom stereocenters. The number of hydrogen-bond acceptors (Lipinski definition) is 4. The molecule has 0 saturated carbocycles. The largest absolute Gasteiger partial charge is 0.479 e. The molecule has 0 fully saturated rings. The molecule has 0 bridgehead atoms. The highest BCUT2D eigenvalue weighted by atomic mass is 16.4. The van der Waals surface area contributed by atoms with Gasteiger partial charge in [-0.2, -0.15) is 0 Å².